The Morgan fingerprint density at radius 3 is 2.92 bits per heavy atom. The third-order valence-corrected chi connectivity index (χ3v) is 3.71. The van der Waals surface area contributed by atoms with Gasteiger partial charge in [0.05, 0.1) is 5.54 Å². The second-order valence-corrected chi connectivity index (χ2v) is 6.82. The van der Waals surface area contributed by atoms with Crippen LogP contribution < -0.4 is 0 Å². The maximum absolute atomic E-state index is 5.24. The van der Waals surface area contributed by atoms with Crippen LogP contribution >= 0.6 is 22.6 Å². The first-order chi connectivity index (χ1) is 5.62. The lowest BCUT2D eigenvalue weighted by Gasteiger charge is -2.38. The molecule has 1 aliphatic carbocycles. The van der Waals surface area contributed by atoms with Gasteiger partial charge in [0.15, 0.2) is 6.40 Å². The lowest BCUT2D eigenvalue weighted by Crippen LogP contribution is -2.40. The summed E-state index contributed by atoms with van der Waals surface area (Å²) in [6.07, 6.45) is 6.64. The maximum Gasteiger partial charge on any atom is 0.170 e. The molecule has 1 saturated carbocycles. The topological polar surface area (TPSA) is 21.6 Å². The lowest BCUT2D eigenvalue weighted by molar-refractivity contribution is 0.197. The van der Waals surface area contributed by atoms with Crippen LogP contribution in [0.5, 0.6) is 0 Å². The van der Waals surface area contributed by atoms with E-state index in [1.54, 1.807) is 6.40 Å². The average Bonchev–Trinajstić information content (AvgIpc) is 2.34. The molecule has 0 N–H and O–H groups in total. The molecule has 2 aliphatic rings. The fourth-order valence-corrected chi connectivity index (χ4v) is 3.35. The Balaban J connectivity index is 2.12. The van der Waals surface area contributed by atoms with Gasteiger partial charge in [-0.3, -0.25) is 0 Å². The van der Waals surface area contributed by atoms with E-state index < -0.39 is 0 Å². The molecule has 2 rings (SSSR count). The third-order valence-electron chi connectivity index (χ3n) is 2.79. The predicted molar refractivity (Wildman–Crippen MR) is 58.1 cm³/mol. The number of hydrogen-bond donors (Lipinski definition) is 0. The number of ether oxygens (including phenoxy) is 1. The molecule has 12 heavy (non-hydrogen) atoms. The Kier molecular flexibility index (Phi) is 2.09. The van der Waals surface area contributed by atoms with Crippen molar-refractivity contribution in [1.82, 2.24) is 0 Å². The molecular formula is C9H14INO. The van der Waals surface area contributed by atoms with Crippen LogP contribution in [0.1, 0.15) is 32.6 Å². The second kappa shape index (κ2) is 2.86. The van der Waals surface area contributed by atoms with Gasteiger partial charge < -0.3 is 4.74 Å². The minimum absolute atomic E-state index is 0.147. The summed E-state index contributed by atoms with van der Waals surface area (Å²) in [4.78, 5) is 4.47. The largest absolute Gasteiger partial charge is 0.481 e. The fourth-order valence-electron chi connectivity index (χ4n) is 2.26. The van der Waals surface area contributed by atoms with Gasteiger partial charge in [0.1, 0.15) is 6.61 Å². The van der Waals surface area contributed by atoms with Gasteiger partial charge in [-0.2, -0.15) is 0 Å². The van der Waals surface area contributed by atoms with Crippen molar-refractivity contribution in [2.24, 2.45) is 4.99 Å². The highest BCUT2D eigenvalue weighted by Gasteiger charge is 2.42. The molecule has 1 unspecified atom stereocenters. The number of nitrogens with zero attached hydrogens (tertiary/aromatic N) is 1. The first-order valence-electron chi connectivity index (χ1n) is 4.46. The minimum atomic E-state index is 0.147. The smallest absolute Gasteiger partial charge is 0.170 e. The zero-order valence-electron chi connectivity index (χ0n) is 7.35. The number of rotatable bonds is 0. The van der Waals surface area contributed by atoms with Crippen molar-refractivity contribution >= 4 is 29.0 Å². The van der Waals surface area contributed by atoms with Gasteiger partial charge in [-0.1, -0.05) is 29.5 Å². The molecule has 2 nitrogen and oxygen atoms in total. The van der Waals surface area contributed by atoms with Crippen LogP contribution in [-0.2, 0) is 4.74 Å². The summed E-state index contributed by atoms with van der Waals surface area (Å²) >= 11 is 2.56. The van der Waals surface area contributed by atoms with Crippen LogP contribution in [0, 0.1) is 0 Å². The molecule has 0 radical (unpaired) electrons. The summed E-state index contributed by atoms with van der Waals surface area (Å²) in [5, 5.41) is 0. The molecule has 0 saturated heterocycles. The van der Waals surface area contributed by atoms with E-state index in [2.05, 4.69) is 34.5 Å². The second-order valence-electron chi connectivity index (χ2n) is 4.21. The van der Waals surface area contributed by atoms with E-state index >= 15 is 0 Å². The van der Waals surface area contributed by atoms with E-state index in [1.165, 1.54) is 25.7 Å². The Morgan fingerprint density at radius 2 is 2.33 bits per heavy atom. The summed E-state index contributed by atoms with van der Waals surface area (Å²) in [6, 6.07) is 0. The van der Waals surface area contributed by atoms with Gasteiger partial charge in [0.25, 0.3) is 0 Å². The molecule has 1 spiro atoms. The number of alkyl halides is 1. The molecule has 2 atom stereocenters. The van der Waals surface area contributed by atoms with Crippen molar-refractivity contribution in [3.05, 3.63) is 0 Å². The molecule has 0 aromatic carbocycles. The molecule has 0 aromatic rings. The van der Waals surface area contributed by atoms with E-state index in [0.717, 1.165) is 6.61 Å². The highest BCUT2D eigenvalue weighted by molar-refractivity contribution is 14.1. The molecule has 0 bridgehead atoms. The molecule has 1 heterocycles. The van der Waals surface area contributed by atoms with Crippen molar-refractivity contribution in [2.75, 3.05) is 6.61 Å². The molecule has 0 aromatic heterocycles. The molecule has 68 valence electrons. The van der Waals surface area contributed by atoms with E-state index in [-0.39, 0.29) is 5.54 Å². The molecular weight excluding hydrogens is 265 g/mol. The molecule has 1 aliphatic heterocycles. The maximum atomic E-state index is 5.24. The van der Waals surface area contributed by atoms with Crippen LogP contribution in [0.25, 0.3) is 0 Å². The van der Waals surface area contributed by atoms with Crippen molar-refractivity contribution < 1.29 is 4.74 Å². The quantitative estimate of drug-likeness (QED) is 0.493. The summed E-state index contributed by atoms with van der Waals surface area (Å²) in [5.74, 6) is 0. The summed E-state index contributed by atoms with van der Waals surface area (Å²) in [7, 11) is 0. The van der Waals surface area contributed by atoms with Crippen LogP contribution in [-0.4, -0.2) is 22.0 Å². The standard InChI is InChI=1S/C9H14INO/c1-8(10)3-2-4-9(5-8)6-12-7-11-9/h7H,2-6H2,1H3/t8-,9?/m1/s1. The first kappa shape index (κ1) is 8.78. The van der Waals surface area contributed by atoms with Crippen molar-refractivity contribution in [2.45, 2.75) is 41.6 Å². The Bertz CT molecular complexity index is 215. The van der Waals surface area contributed by atoms with Gasteiger partial charge in [-0.05, 0) is 25.7 Å². The average molecular weight is 279 g/mol. The van der Waals surface area contributed by atoms with Gasteiger partial charge in [-0.15, -0.1) is 0 Å². The Labute approximate surface area is 86.9 Å². The minimum Gasteiger partial charge on any atom is -0.481 e. The van der Waals surface area contributed by atoms with Crippen LogP contribution in [0.2, 0.25) is 0 Å². The van der Waals surface area contributed by atoms with Gasteiger partial charge in [-0.25, -0.2) is 4.99 Å². The zero-order chi connectivity index (χ0) is 8.66. The van der Waals surface area contributed by atoms with Gasteiger partial charge in [0, 0.05) is 3.42 Å². The highest BCUT2D eigenvalue weighted by Crippen LogP contribution is 2.44. The normalized spacial score (nSPS) is 46.5. The lowest BCUT2D eigenvalue weighted by atomic mass is 9.77. The van der Waals surface area contributed by atoms with E-state index in [4.69, 9.17) is 4.74 Å². The fraction of sp³-hybridized carbons (Fsp3) is 0.889. The summed E-state index contributed by atoms with van der Waals surface area (Å²) < 4.78 is 5.67. The first-order valence-corrected chi connectivity index (χ1v) is 5.54. The highest BCUT2D eigenvalue weighted by atomic mass is 127. The molecule has 0 amide bonds. The number of halogens is 1. The SMILES string of the molecule is C[C@@]1(I)CCCC2(COC=N2)C1. The Hall–Kier alpha value is 0.200. The summed E-state index contributed by atoms with van der Waals surface area (Å²) in [5.41, 5.74) is 0.147. The third kappa shape index (κ3) is 1.60. The van der Waals surface area contributed by atoms with Crippen LogP contribution in [0.15, 0.2) is 4.99 Å². The molecule has 3 heteroatoms. The number of hydrogen-bond acceptors (Lipinski definition) is 2. The molecule has 1 fully saturated rings. The van der Waals surface area contributed by atoms with Crippen molar-refractivity contribution in [1.29, 1.82) is 0 Å². The van der Waals surface area contributed by atoms with Crippen LogP contribution in [0.3, 0.4) is 0 Å². The predicted octanol–water partition coefficient (Wildman–Crippen LogP) is 2.55. The van der Waals surface area contributed by atoms with Crippen LogP contribution in [0.4, 0.5) is 0 Å². The van der Waals surface area contributed by atoms with E-state index in [9.17, 15) is 0 Å². The Morgan fingerprint density at radius 1 is 1.50 bits per heavy atom. The monoisotopic (exact) mass is 279 g/mol. The van der Waals surface area contributed by atoms with E-state index in [1.807, 2.05) is 0 Å². The zero-order valence-corrected chi connectivity index (χ0v) is 9.50. The van der Waals surface area contributed by atoms with Gasteiger partial charge >= 0.3 is 0 Å². The van der Waals surface area contributed by atoms with E-state index in [0.29, 0.717) is 3.42 Å². The van der Waals surface area contributed by atoms with Gasteiger partial charge in [0.2, 0.25) is 0 Å². The summed E-state index contributed by atoms with van der Waals surface area (Å²) in [6.45, 7) is 3.13. The van der Waals surface area contributed by atoms with Crippen molar-refractivity contribution in [3.8, 4) is 0 Å². The number of aliphatic imine (C=N–C) groups is 1. The van der Waals surface area contributed by atoms with Crippen molar-refractivity contribution in [3.63, 3.8) is 0 Å².